The molecule has 2 aromatic rings. The minimum Gasteiger partial charge on any atom is -0.303 e. The molecule has 0 aromatic heterocycles. The van der Waals surface area contributed by atoms with E-state index in [9.17, 15) is 0 Å². The van der Waals surface area contributed by atoms with E-state index < -0.39 is 0 Å². The molecule has 1 atom stereocenters. The Balaban J connectivity index is 0.00000133. The second-order valence-electron chi connectivity index (χ2n) is 4.96. The molecule has 0 saturated carbocycles. The lowest BCUT2D eigenvalue weighted by atomic mass is 9.75. The standard InChI is InChI=1S/C17H19N.ClH/c1-2-17(15-9-4-3-5-10-15)16-11-7-6-8-14(16)12-13-18-17;/h3-11,18H,2,12-13H2,1H3;1H. The summed E-state index contributed by atoms with van der Waals surface area (Å²) in [6, 6.07) is 19.7. The summed E-state index contributed by atoms with van der Waals surface area (Å²) in [7, 11) is 0. The van der Waals surface area contributed by atoms with E-state index in [1.807, 2.05) is 0 Å². The van der Waals surface area contributed by atoms with Crippen molar-refractivity contribution < 1.29 is 0 Å². The van der Waals surface area contributed by atoms with Gasteiger partial charge in [0.2, 0.25) is 0 Å². The lowest BCUT2D eigenvalue weighted by Gasteiger charge is -2.40. The zero-order chi connectivity index (χ0) is 12.4. The normalized spacial score (nSPS) is 21.3. The van der Waals surface area contributed by atoms with Gasteiger partial charge in [0.15, 0.2) is 0 Å². The van der Waals surface area contributed by atoms with Gasteiger partial charge < -0.3 is 5.32 Å². The Morgan fingerprint density at radius 2 is 1.68 bits per heavy atom. The quantitative estimate of drug-likeness (QED) is 0.875. The smallest absolute Gasteiger partial charge is 0.0690 e. The molecule has 0 saturated heterocycles. The van der Waals surface area contributed by atoms with Gasteiger partial charge >= 0.3 is 0 Å². The SMILES string of the molecule is CCC1(c2ccccc2)NCCc2ccccc21.Cl. The second kappa shape index (κ2) is 5.77. The van der Waals surface area contributed by atoms with Gasteiger partial charge in [0, 0.05) is 6.54 Å². The van der Waals surface area contributed by atoms with Gasteiger partial charge in [-0.2, -0.15) is 0 Å². The molecule has 1 nitrogen and oxygen atoms in total. The maximum Gasteiger partial charge on any atom is 0.0690 e. The summed E-state index contributed by atoms with van der Waals surface area (Å²) in [5.74, 6) is 0. The van der Waals surface area contributed by atoms with Crippen molar-refractivity contribution >= 4 is 12.4 Å². The minimum atomic E-state index is -0.00387. The molecule has 3 rings (SSSR count). The average molecular weight is 274 g/mol. The number of hydrogen-bond acceptors (Lipinski definition) is 1. The summed E-state index contributed by atoms with van der Waals surface area (Å²) in [6.07, 6.45) is 2.21. The molecule has 2 heteroatoms. The predicted molar refractivity (Wildman–Crippen MR) is 82.9 cm³/mol. The summed E-state index contributed by atoms with van der Waals surface area (Å²) in [6.45, 7) is 3.32. The first-order valence-electron chi connectivity index (χ1n) is 6.76. The third-order valence-corrected chi connectivity index (χ3v) is 4.10. The summed E-state index contributed by atoms with van der Waals surface area (Å²) in [5, 5.41) is 3.75. The highest BCUT2D eigenvalue weighted by atomic mass is 35.5. The average Bonchev–Trinajstić information content (AvgIpc) is 2.47. The summed E-state index contributed by atoms with van der Waals surface area (Å²) < 4.78 is 0. The highest BCUT2D eigenvalue weighted by Gasteiger charge is 2.35. The van der Waals surface area contributed by atoms with Crippen molar-refractivity contribution in [1.29, 1.82) is 0 Å². The molecule has 0 aliphatic carbocycles. The summed E-state index contributed by atoms with van der Waals surface area (Å²) in [5.41, 5.74) is 4.31. The Hall–Kier alpha value is -1.31. The maximum absolute atomic E-state index is 3.75. The van der Waals surface area contributed by atoms with Crippen LogP contribution >= 0.6 is 12.4 Å². The van der Waals surface area contributed by atoms with E-state index in [2.05, 4.69) is 66.8 Å². The molecular formula is C17H20ClN. The molecule has 1 unspecified atom stereocenters. The van der Waals surface area contributed by atoms with Gasteiger partial charge in [0.1, 0.15) is 0 Å². The van der Waals surface area contributed by atoms with Crippen LogP contribution in [-0.2, 0) is 12.0 Å². The number of nitrogens with one attached hydrogen (secondary N) is 1. The Bertz CT molecular complexity index is 538. The lowest BCUT2D eigenvalue weighted by Crippen LogP contribution is -2.47. The Morgan fingerprint density at radius 1 is 1.00 bits per heavy atom. The third-order valence-electron chi connectivity index (χ3n) is 4.10. The van der Waals surface area contributed by atoms with E-state index >= 15 is 0 Å². The Morgan fingerprint density at radius 3 is 2.42 bits per heavy atom. The largest absolute Gasteiger partial charge is 0.303 e. The van der Waals surface area contributed by atoms with Gasteiger partial charge in [0.05, 0.1) is 5.54 Å². The fraction of sp³-hybridized carbons (Fsp3) is 0.294. The van der Waals surface area contributed by atoms with Crippen LogP contribution in [0.3, 0.4) is 0 Å². The second-order valence-corrected chi connectivity index (χ2v) is 4.96. The molecule has 0 radical (unpaired) electrons. The van der Waals surface area contributed by atoms with Gasteiger partial charge in [-0.25, -0.2) is 0 Å². The molecule has 0 spiro atoms. The summed E-state index contributed by atoms with van der Waals surface area (Å²) in [4.78, 5) is 0. The number of halogens is 1. The van der Waals surface area contributed by atoms with Crippen LogP contribution in [0.1, 0.15) is 30.0 Å². The van der Waals surface area contributed by atoms with E-state index in [0.717, 1.165) is 19.4 Å². The molecule has 19 heavy (non-hydrogen) atoms. The van der Waals surface area contributed by atoms with E-state index in [4.69, 9.17) is 0 Å². The van der Waals surface area contributed by atoms with Gasteiger partial charge in [-0.1, -0.05) is 61.5 Å². The van der Waals surface area contributed by atoms with Crippen LogP contribution in [0.2, 0.25) is 0 Å². The molecule has 0 amide bonds. The first-order valence-corrected chi connectivity index (χ1v) is 6.76. The van der Waals surface area contributed by atoms with E-state index in [-0.39, 0.29) is 17.9 Å². The third kappa shape index (κ3) is 2.29. The highest BCUT2D eigenvalue weighted by Crippen LogP contribution is 2.37. The molecule has 1 aliphatic heterocycles. The molecule has 1 aliphatic rings. The molecule has 2 aromatic carbocycles. The maximum atomic E-state index is 3.75. The zero-order valence-corrected chi connectivity index (χ0v) is 12.0. The minimum absolute atomic E-state index is 0. The first-order chi connectivity index (χ1) is 8.87. The van der Waals surface area contributed by atoms with Crippen molar-refractivity contribution in [2.45, 2.75) is 25.3 Å². The van der Waals surface area contributed by atoms with Gasteiger partial charge in [-0.3, -0.25) is 0 Å². The molecule has 0 bridgehead atoms. The van der Waals surface area contributed by atoms with Crippen molar-refractivity contribution in [3.8, 4) is 0 Å². The Labute approximate surface area is 121 Å². The number of hydrogen-bond donors (Lipinski definition) is 1. The van der Waals surface area contributed by atoms with Crippen molar-refractivity contribution in [2.75, 3.05) is 6.54 Å². The fourth-order valence-corrected chi connectivity index (χ4v) is 3.16. The van der Waals surface area contributed by atoms with Crippen molar-refractivity contribution in [2.24, 2.45) is 0 Å². The van der Waals surface area contributed by atoms with Gasteiger partial charge in [-0.15, -0.1) is 12.4 Å². The monoisotopic (exact) mass is 273 g/mol. The van der Waals surface area contributed by atoms with Crippen LogP contribution in [0.25, 0.3) is 0 Å². The first kappa shape index (κ1) is 14.1. The van der Waals surface area contributed by atoms with Crippen LogP contribution in [0, 0.1) is 0 Å². The predicted octanol–water partition coefficient (Wildman–Crippen LogP) is 3.91. The number of fused-ring (bicyclic) bond motifs is 1. The van der Waals surface area contributed by atoms with Crippen LogP contribution in [0.15, 0.2) is 54.6 Å². The van der Waals surface area contributed by atoms with Crippen LogP contribution in [0.5, 0.6) is 0 Å². The van der Waals surface area contributed by atoms with Crippen molar-refractivity contribution in [3.63, 3.8) is 0 Å². The fourth-order valence-electron chi connectivity index (χ4n) is 3.16. The van der Waals surface area contributed by atoms with Crippen LogP contribution in [0.4, 0.5) is 0 Å². The van der Waals surface area contributed by atoms with Gasteiger partial charge in [-0.05, 0) is 29.5 Å². The summed E-state index contributed by atoms with van der Waals surface area (Å²) >= 11 is 0. The number of rotatable bonds is 2. The van der Waals surface area contributed by atoms with Crippen molar-refractivity contribution in [1.82, 2.24) is 5.32 Å². The van der Waals surface area contributed by atoms with E-state index in [1.54, 1.807) is 0 Å². The van der Waals surface area contributed by atoms with Crippen LogP contribution in [-0.4, -0.2) is 6.54 Å². The van der Waals surface area contributed by atoms with Crippen molar-refractivity contribution in [3.05, 3.63) is 71.3 Å². The molecule has 100 valence electrons. The van der Waals surface area contributed by atoms with E-state index in [0.29, 0.717) is 0 Å². The lowest BCUT2D eigenvalue weighted by molar-refractivity contribution is 0.367. The molecule has 1 heterocycles. The topological polar surface area (TPSA) is 12.0 Å². The zero-order valence-electron chi connectivity index (χ0n) is 11.2. The highest BCUT2D eigenvalue weighted by molar-refractivity contribution is 5.85. The molecule has 1 N–H and O–H groups in total. The Kier molecular flexibility index (Phi) is 4.28. The van der Waals surface area contributed by atoms with Crippen LogP contribution < -0.4 is 5.32 Å². The number of benzene rings is 2. The van der Waals surface area contributed by atoms with E-state index in [1.165, 1.54) is 16.7 Å². The molecule has 0 fully saturated rings. The molecular weight excluding hydrogens is 254 g/mol. The van der Waals surface area contributed by atoms with Gasteiger partial charge in [0.25, 0.3) is 0 Å².